The lowest BCUT2D eigenvalue weighted by Crippen LogP contribution is -2.46. The molecule has 1 fully saturated rings. The molecule has 1 N–H and O–H groups in total. The molecule has 1 heterocycles. The first-order valence-corrected chi connectivity index (χ1v) is 6.83. The van der Waals surface area contributed by atoms with Crippen molar-refractivity contribution in [3.63, 3.8) is 0 Å². The largest absolute Gasteiger partial charge is 0.466 e. The summed E-state index contributed by atoms with van der Waals surface area (Å²) in [4.78, 5) is 25.4. The summed E-state index contributed by atoms with van der Waals surface area (Å²) >= 11 is 0. The molecule has 6 heteroatoms. The van der Waals surface area contributed by atoms with Crippen LogP contribution < -0.4 is 5.32 Å². The standard InChI is InChI=1S/C13H24N2O4/c1-3-19-13(17)11-5-4-7-15(10-11)12(16)9-14-6-8-18-2/h11,14H,3-10H2,1-2H3. The number of nitrogens with zero attached hydrogens (tertiary/aromatic N) is 1. The van der Waals surface area contributed by atoms with Crippen molar-refractivity contribution in [2.24, 2.45) is 5.92 Å². The van der Waals surface area contributed by atoms with Gasteiger partial charge in [0, 0.05) is 26.7 Å². The molecule has 1 amide bonds. The normalized spacial score (nSPS) is 19.3. The number of carbonyl (C=O) groups is 2. The second kappa shape index (κ2) is 8.87. The maximum atomic E-state index is 12.0. The summed E-state index contributed by atoms with van der Waals surface area (Å²) in [7, 11) is 1.62. The van der Waals surface area contributed by atoms with Crippen molar-refractivity contribution < 1.29 is 19.1 Å². The zero-order chi connectivity index (χ0) is 14.1. The average molecular weight is 272 g/mol. The summed E-state index contributed by atoms with van der Waals surface area (Å²) < 4.78 is 9.91. The van der Waals surface area contributed by atoms with Gasteiger partial charge in [-0.3, -0.25) is 9.59 Å². The Bertz CT molecular complexity index is 296. The second-order valence-electron chi connectivity index (χ2n) is 4.60. The number of amides is 1. The summed E-state index contributed by atoms with van der Waals surface area (Å²) in [6.45, 7) is 4.91. The van der Waals surface area contributed by atoms with Crippen LogP contribution in [-0.2, 0) is 19.1 Å². The van der Waals surface area contributed by atoms with E-state index in [2.05, 4.69) is 5.32 Å². The molecule has 1 saturated heterocycles. The van der Waals surface area contributed by atoms with Crippen LogP contribution in [0.3, 0.4) is 0 Å². The Morgan fingerprint density at radius 2 is 2.21 bits per heavy atom. The molecule has 0 spiro atoms. The van der Waals surface area contributed by atoms with Crippen LogP contribution in [0.15, 0.2) is 0 Å². The Morgan fingerprint density at radius 3 is 2.89 bits per heavy atom. The molecule has 1 atom stereocenters. The van der Waals surface area contributed by atoms with Gasteiger partial charge in [0.25, 0.3) is 0 Å². The molecule has 0 radical (unpaired) electrons. The highest BCUT2D eigenvalue weighted by atomic mass is 16.5. The van der Waals surface area contributed by atoms with Gasteiger partial charge in [-0.05, 0) is 19.8 Å². The van der Waals surface area contributed by atoms with Crippen LogP contribution in [-0.4, -0.2) is 63.3 Å². The number of likely N-dealkylation sites (tertiary alicyclic amines) is 1. The Morgan fingerprint density at radius 1 is 1.42 bits per heavy atom. The second-order valence-corrected chi connectivity index (χ2v) is 4.60. The topological polar surface area (TPSA) is 67.9 Å². The van der Waals surface area contributed by atoms with Crippen molar-refractivity contribution in [2.45, 2.75) is 19.8 Å². The van der Waals surface area contributed by atoms with Crippen molar-refractivity contribution >= 4 is 11.9 Å². The van der Waals surface area contributed by atoms with Crippen LogP contribution in [0, 0.1) is 5.92 Å². The van der Waals surface area contributed by atoms with Gasteiger partial charge in [-0.1, -0.05) is 0 Å². The van der Waals surface area contributed by atoms with Crippen LogP contribution in [0.25, 0.3) is 0 Å². The monoisotopic (exact) mass is 272 g/mol. The predicted molar refractivity (Wildman–Crippen MR) is 70.7 cm³/mol. The van der Waals surface area contributed by atoms with Crippen molar-refractivity contribution in [1.82, 2.24) is 10.2 Å². The highest BCUT2D eigenvalue weighted by molar-refractivity contribution is 5.80. The number of hydrogen-bond donors (Lipinski definition) is 1. The number of carbonyl (C=O) groups excluding carboxylic acids is 2. The third-order valence-corrected chi connectivity index (χ3v) is 3.15. The maximum Gasteiger partial charge on any atom is 0.310 e. The van der Waals surface area contributed by atoms with E-state index in [1.165, 1.54) is 0 Å². The number of esters is 1. The van der Waals surface area contributed by atoms with Crippen LogP contribution in [0.1, 0.15) is 19.8 Å². The minimum atomic E-state index is -0.188. The van der Waals surface area contributed by atoms with E-state index in [0.29, 0.717) is 32.8 Å². The van der Waals surface area contributed by atoms with E-state index in [9.17, 15) is 9.59 Å². The quantitative estimate of drug-likeness (QED) is 0.523. The highest BCUT2D eigenvalue weighted by Crippen LogP contribution is 2.17. The molecule has 1 aliphatic rings. The summed E-state index contributed by atoms with van der Waals surface area (Å²) in [6, 6.07) is 0. The van der Waals surface area contributed by atoms with Gasteiger partial charge in [-0.2, -0.15) is 0 Å². The lowest BCUT2D eigenvalue weighted by Gasteiger charge is -2.31. The smallest absolute Gasteiger partial charge is 0.310 e. The summed E-state index contributed by atoms with van der Waals surface area (Å²) in [5.74, 6) is -0.325. The summed E-state index contributed by atoms with van der Waals surface area (Å²) in [5, 5.41) is 3.02. The number of hydrogen-bond acceptors (Lipinski definition) is 5. The first kappa shape index (κ1) is 15.9. The number of rotatable bonds is 7. The molecule has 0 saturated carbocycles. The van der Waals surface area contributed by atoms with Gasteiger partial charge >= 0.3 is 5.97 Å². The zero-order valence-electron chi connectivity index (χ0n) is 11.8. The van der Waals surface area contributed by atoms with E-state index in [4.69, 9.17) is 9.47 Å². The highest BCUT2D eigenvalue weighted by Gasteiger charge is 2.28. The third kappa shape index (κ3) is 5.57. The fraction of sp³-hybridized carbons (Fsp3) is 0.846. The average Bonchev–Trinajstić information content (AvgIpc) is 2.44. The van der Waals surface area contributed by atoms with Gasteiger partial charge in [0.2, 0.25) is 5.91 Å². The molecule has 0 aromatic heterocycles. The summed E-state index contributed by atoms with van der Waals surface area (Å²) in [5.41, 5.74) is 0. The van der Waals surface area contributed by atoms with Crippen molar-refractivity contribution in [2.75, 3.05) is 46.5 Å². The van der Waals surface area contributed by atoms with Gasteiger partial charge in [0.1, 0.15) is 0 Å². The van der Waals surface area contributed by atoms with Crippen LogP contribution in [0.4, 0.5) is 0 Å². The molecular weight excluding hydrogens is 248 g/mol. The number of ether oxygens (including phenoxy) is 2. The molecule has 6 nitrogen and oxygen atoms in total. The fourth-order valence-corrected chi connectivity index (χ4v) is 2.14. The SMILES string of the molecule is CCOC(=O)C1CCCN(C(=O)CNCCOC)C1. The van der Waals surface area contributed by atoms with Crippen LogP contribution >= 0.6 is 0 Å². The number of methoxy groups -OCH3 is 1. The Labute approximate surface area is 114 Å². The summed E-state index contributed by atoms with van der Waals surface area (Å²) in [6.07, 6.45) is 1.66. The van der Waals surface area contributed by atoms with Crippen LogP contribution in [0.2, 0.25) is 0 Å². The van der Waals surface area contributed by atoms with E-state index in [1.54, 1.807) is 18.9 Å². The molecular formula is C13H24N2O4. The lowest BCUT2D eigenvalue weighted by molar-refractivity contribution is -0.151. The molecule has 0 aromatic rings. The number of piperidine rings is 1. The van der Waals surface area contributed by atoms with E-state index in [-0.39, 0.29) is 17.8 Å². The maximum absolute atomic E-state index is 12.0. The Balaban J connectivity index is 2.32. The van der Waals surface area contributed by atoms with Gasteiger partial charge < -0.3 is 19.7 Å². The van der Waals surface area contributed by atoms with E-state index in [0.717, 1.165) is 19.4 Å². The molecule has 0 aliphatic carbocycles. The Kier molecular flexibility index (Phi) is 7.43. The predicted octanol–water partition coefficient (Wildman–Crippen LogP) is 0.0241. The van der Waals surface area contributed by atoms with Crippen molar-refractivity contribution in [3.8, 4) is 0 Å². The minimum Gasteiger partial charge on any atom is -0.466 e. The van der Waals surface area contributed by atoms with Gasteiger partial charge in [-0.15, -0.1) is 0 Å². The van der Waals surface area contributed by atoms with Gasteiger partial charge in [-0.25, -0.2) is 0 Å². The fourth-order valence-electron chi connectivity index (χ4n) is 2.14. The lowest BCUT2D eigenvalue weighted by atomic mass is 9.98. The molecule has 1 rings (SSSR count). The first-order chi connectivity index (χ1) is 9.19. The molecule has 0 bridgehead atoms. The van der Waals surface area contributed by atoms with E-state index < -0.39 is 0 Å². The van der Waals surface area contributed by atoms with Gasteiger partial charge in [0.05, 0.1) is 25.7 Å². The molecule has 19 heavy (non-hydrogen) atoms. The van der Waals surface area contributed by atoms with Crippen LogP contribution in [0.5, 0.6) is 0 Å². The minimum absolute atomic E-state index is 0.0325. The molecule has 1 unspecified atom stereocenters. The van der Waals surface area contributed by atoms with Crippen molar-refractivity contribution in [3.05, 3.63) is 0 Å². The first-order valence-electron chi connectivity index (χ1n) is 6.83. The van der Waals surface area contributed by atoms with Gasteiger partial charge in [0.15, 0.2) is 0 Å². The third-order valence-electron chi connectivity index (χ3n) is 3.15. The van der Waals surface area contributed by atoms with E-state index >= 15 is 0 Å². The molecule has 0 aromatic carbocycles. The zero-order valence-corrected chi connectivity index (χ0v) is 11.8. The van der Waals surface area contributed by atoms with E-state index in [1.807, 2.05) is 0 Å². The number of nitrogens with one attached hydrogen (secondary N) is 1. The molecule has 110 valence electrons. The molecule has 1 aliphatic heterocycles. The van der Waals surface area contributed by atoms with Crippen molar-refractivity contribution in [1.29, 1.82) is 0 Å². The Hall–Kier alpha value is -1.14.